The summed E-state index contributed by atoms with van der Waals surface area (Å²) in [5.74, 6) is -2.59. The van der Waals surface area contributed by atoms with Crippen molar-refractivity contribution in [2.75, 3.05) is 19.7 Å². The molecule has 1 unspecified atom stereocenters. The topological polar surface area (TPSA) is 89.5 Å². The SMILES string of the molecule is CCOC(=O)C1CC=C(c2ccc3c(C)cc(-c4c(F)cc(S(=O)(=O)N5CC[C@H](F)C5)cc4F)nc3n2)CC1. The van der Waals surface area contributed by atoms with Gasteiger partial charge >= 0.3 is 5.97 Å². The van der Waals surface area contributed by atoms with Gasteiger partial charge in [-0.05, 0) is 81.0 Å². The average Bonchev–Trinajstić information content (AvgIpc) is 3.35. The molecule has 1 aliphatic carbocycles. The van der Waals surface area contributed by atoms with E-state index in [2.05, 4.69) is 9.97 Å². The number of sulfonamides is 1. The maximum Gasteiger partial charge on any atom is 0.309 e. The number of hydrogen-bond acceptors (Lipinski definition) is 6. The number of carbonyl (C=O) groups excluding carboxylic acids is 1. The molecule has 0 amide bonds. The summed E-state index contributed by atoms with van der Waals surface area (Å²) in [5, 5.41) is 0.707. The molecule has 5 rings (SSSR count). The van der Waals surface area contributed by atoms with Crippen LogP contribution in [0.4, 0.5) is 13.2 Å². The molecule has 0 radical (unpaired) electrons. The van der Waals surface area contributed by atoms with Gasteiger partial charge < -0.3 is 4.74 Å². The summed E-state index contributed by atoms with van der Waals surface area (Å²) in [7, 11) is -4.24. The van der Waals surface area contributed by atoms with Crippen molar-refractivity contribution in [3.8, 4) is 11.3 Å². The van der Waals surface area contributed by atoms with Crippen molar-refractivity contribution in [3.63, 3.8) is 0 Å². The lowest BCUT2D eigenvalue weighted by Gasteiger charge is -2.20. The van der Waals surface area contributed by atoms with Crippen LogP contribution in [0, 0.1) is 24.5 Å². The molecule has 2 aromatic heterocycles. The summed E-state index contributed by atoms with van der Waals surface area (Å²) in [6.07, 6.45) is 2.49. The van der Waals surface area contributed by atoms with E-state index in [0.717, 1.165) is 22.0 Å². The van der Waals surface area contributed by atoms with Crippen LogP contribution in [0.15, 0.2) is 41.3 Å². The average molecular weight is 560 g/mol. The van der Waals surface area contributed by atoms with Crippen molar-refractivity contribution in [2.24, 2.45) is 5.92 Å². The highest BCUT2D eigenvalue weighted by molar-refractivity contribution is 7.89. The van der Waals surface area contributed by atoms with Gasteiger partial charge in [0.15, 0.2) is 5.65 Å². The minimum Gasteiger partial charge on any atom is -0.466 e. The molecule has 1 aliphatic heterocycles. The fourth-order valence-electron chi connectivity index (χ4n) is 5.12. The lowest BCUT2D eigenvalue weighted by atomic mass is 9.88. The highest BCUT2D eigenvalue weighted by Crippen LogP contribution is 2.34. The lowest BCUT2D eigenvalue weighted by Crippen LogP contribution is -2.29. The first-order chi connectivity index (χ1) is 18.6. The molecule has 2 aliphatic rings. The Balaban J connectivity index is 1.48. The largest absolute Gasteiger partial charge is 0.466 e. The third-order valence-electron chi connectivity index (χ3n) is 7.24. The number of rotatable bonds is 6. The molecule has 7 nitrogen and oxygen atoms in total. The van der Waals surface area contributed by atoms with Gasteiger partial charge in [0.1, 0.15) is 17.8 Å². The molecule has 2 atom stereocenters. The maximum absolute atomic E-state index is 15.2. The Hall–Kier alpha value is -3.31. The highest BCUT2D eigenvalue weighted by atomic mass is 32.2. The molecule has 11 heteroatoms. The Morgan fingerprint density at radius 3 is 2.44 bits per heavy atom. The second-order valence-corrected chi connectivity index (χ2v) is 11.8. The van der Waals surface area contributed by atoms with Crippen LogP contribution in [0.1, 0.15) is 43.9 Å². The van der Waals surface area contributed by atoms with Crippen molar-refractivity contribution < 1.29 is 31.1 Å². The maximum atomic E-state index is 15.2. The van der Waals surface area contributed by atoms with Crippen LogP contribution in [-0.2, 0) is 19.6 Å². The number of ether oxygens (including phenoxy) is 1. The van der Waals surface area contributed by atoms with Gasteiger partial charge in [-0.1, -0.05) is 6.08 Å². The van der Waals surface area contributed by atoms with Gasteiger partial charge in [-0.3, -0.25) is 4.79 Å². The highest BCUT2D eigenvalue weighted by Gasteiger charge is 2.34. The van der Waals surface area contributed by atoms with Gasteiger partial charge in [0.2, 0.25) is 10.0 Å². The predicted molar refractivity (Wildman–Crippen MR) is 140 cm³/mol. The van der Waals surface area contributed by atoms with Crippen LogP contribution in [-0.4, -0.2) is 54.5 Å². The van der Waals surface area contributed by atoms with Crippen molar-refractivity contribution in [3.05, 3.63) is 59.3 Å². The number of pyridine rings is 2. The Morgan fingerprint density at radius 2 is 1.82 bits per heavy atom. The standard InChI is InChI=1S/C28H28F3N3O4S/c1-3-38-28(35)18-6-4-17(5-7-18)24-9-8-21-16(2)12-25(33-27(21)32-24)26-22(30)13-20(14-23(26)31)39(36,37)34-11-10-19(29)15-34/h4,8-9,12-14,18-19H,3,5-7,10-11,15H2,1-2H3/t18?,19-/m0/s1. The number of halogens is 3. The summed E-state index contributed by atoms with van der Waals surface area (Å²) < 4.78 is 75.7. The van der Waals surface area contributed by atoms with Crippen LogP contribution in [0.25, 0.3) is 27.9 Å². The Labute approximate surface area is 224 Å². The Kier molecular flexibility index (Phi) is 7.47. The van der Waals surface area contributed by atoms with E-state index in [1.54, 1.807) is 13.8 Å². The summed E-state index contributed by atoms with van der Waals surface area (Å²) in [5.41, 5.74) is 2.10. The minimum atomic E-state index is -4.24. The van der Waals surface area contributed by atoms with E-state index in [4.69, 9.17) is 4.74 Å². The Bertz CT molecular complexity index is 1570. The van der Waals surface area contributed by atoms with Crippen molar-refractivity contribution in [1.82, 2.24) is 14.3 Å². The molecule has 0 saturated carbocycles. The minimum absolute atomic E-state index is 0.0198. The summed E-state index contributed by atoms with van der Waals surface area (Å²) >= 11 is 0. The molecule has 0 N–H and O–H groups in total. The molecule has 1 fully saturated rings. The van der Waals surface area contributed by atoms with Gasteiger partial charge in [0.25, 0.3) is 0 Å². The lowest BCUT2D eigenvalue weighted by molar-refractivity contribution is -0.148. The van der Waals surface area contributed by atoms with E-state index < -0.39 is 38.3 Å². The first-order valence-electron chi connectivity index (χ1n) is 12.9. The van der Waals surface area contributed by atoms with Gasteiger partial charge in [0, 0.05) is 18.5 Å². The van der Waals surface area contributed by atoms with Crippen LogP contribution in [0.2, 0.25) is 0 Å². The predicted octanol–water partition coefficient (Wildman–Crippen LogP) is 5.36. The van der Waals surface area contributed by atoms with E-state index in [9.17, 15) is 17.6 Å². The number of benzene rings is 1. The second-order valence-electron chi connectivity index (χ2n) is 9.86. The number of esters is 1. The molecule has 0 bridgehead atoms. The summed E-state index contributed by atoms with van der Waals surface area (Å²) in [6, 6.07) is 6.72. The van der Waals surface area contributed by atoms with Crippen molar-refractivity contribution in [2.45, 2.75) is 50.6 Å². The molecule has 1 aromatic carbocycles. The van der Waals surface area contributed by atoms with Crippen LogP contribution in [0.3, 0.4) is 0 Å². The first kappa shape index (κ1) is 27.3. The molecular weight excluding hydrogens is 531 g/mol. The van der Waals surface area contributed by atoms with Crippen molar-refractivity contribution >= 4 is 32.6 Å². The monoisotopic (exact) mass is 559 g/mol. The molecule has 1 saturated heterocycles. The molecular formula is C28H28F3N3O4S. The number of aryl methyl sites for hydroxylation is 1. The van der Waals surface area contributed by atoms with E-state index in [0.29, 0.717) is 42.5 Å². The van der Waals surface area contributed by atoms with E-state index in [-0.39, 0.29) is 42.7 Å². The van der Waals surface area contributed by atoms with E-state index >= 15 is 8.78 Å². The van der Waals surface area contributed by atoms with Gasteiger partial charge in [0.05, 0.1) is 34.4 Å². The number of alkyl halides is 1. The van der Waals surface area contributed by atoms with Gasteiger partial charge in [-0.15, -0.1) is 0 Å². The van der Waals surface area contributed by atoms with E-state index in [1.165, 1.54) is 6.07 Å². The third kappa shape index (κ3) is 5.29. The molecule has 0 spiro atoms. The van der Waals surface area contributed by atoms with Gasteiger partial charge in [-0.2, -0.15) is 4.31 Å². The Morgan fingerprint density at radius 1 is 1.10 bits per heavy atom. The molecule has 206 valence electrons. The van der Waals surface area contributed by atoms with Crippen LogP contribution < -0.4 is 0 Å². The number of carbonyl (C=O) groups is 1. The van der Waals surface area contributed by atoms with Gasteiger partial charge in [-0.25, -0.2) is 31.6 Å². The smallest absolute Gasteiger partial charge is 0.309 e. The van der Waals surface area contributed by atoms with E-state index in [1.807, 2.05) is 18.2 Å². The quantitative estimate of drug-likeness (QED) is 0.378. The zero-order chi connectivity index (χ0) is 27.9. The molecule has 3 heterocycles. The fraction of sp³-hybridized carbons (Fsp3) is 0.393. The number of fused-ring (bicyclic) bond motifs is 1. The summed E-state index contributed by atoms with van der Waals surface area (Å²) in [6.45, 7) is 3.49. The zero-order valence-electron chi connectivity index (χ0n) is 21.6. The summed E-state index contributed by atoms with van der Waals surface area (Å²) in [4.78, 5) is 20.6. The zero-order valence-corrected chi connectivity index (χ0v) is 22.4. The molecule has 39 heavy (non-hydrogen) atoms. The first-order valence-corrected chi connectivity index (χ1v) is 14.3. The second kappa shape index (κ2) is 10.7. The fourth-order valence-corrected chi connectivity index (χ4v) is 6.62. The van der Waals surface area contributed by atoms with Crippen molar-refractivity contribution in [1.29, 1.82) is 0 Å². The number of nitrogens with zero attached hydrogens (tertiary/aromatic N) is 3. The number of hydrogen-bond donors (Lipinski definition) is 0. The van der Waals surface area contributed by atoms with Crippen LogP contribution in [0.5, 0.6) is 0 Å². The van der Waals surface area contributed by atoms with Crippen LogP contribution >= 0.6 is 0 Å². The molecule has 3 aromatic rings. The number of aromatic nitrogens is 2. The number of allylic oxidation sites excluding steroid dienone is 2. The third-order valence-corrected chi connectivity index (χ3v) is 9.09. The normalized spacial score (nSPS) is 20.3.